The van der Waals surface area contributed by atoms with Crippen LogP contribution in [0.3, 0.4) is 0 Å². The predicted octanol–water partition coefficient (Wildman–Crippen LogP) is 4.75. The molecule has 0 radical (unpaired) electrons. The van der Waals surface area contributed by atoms with Crippen molar-refractivity contribution in [3.05, 3.63) is 32.3 Å². The fourth-order valence-corrected chi connectivity index (χ4v) is 2.01. The first-order valence-corrected chi connectivity index (χ1v) is 6.33. The molecule has 0 aliphatic carbocycles. The van der Waals surface area contributed by atoms with Crippen LogP contribution in [0.15, 0.2) is 12.1 Å². The first kappa shape index (κ1) is 15.1. The van der Waals surface area contributed by atoms with Crippen LogP contribution in [0.25, 0.3) is 0 Å². The summed E-state index contributed by atoms with van der Waals surface area (Å²) < 4.78 is 0. The molecule has 0 saturated carbocycles. The van der Waals surface area contributed by atoms with Gasteiger partial charge in [0.25, 0.3) is 5.69 Å². The molecule has 0 heterocycles. The molecule has 0 amide bonds. The van der Waals surface area contributed by atoms with E-state index in [4.69, 9.17) is 23.2 Å². The van der Waals surface area contributed by atoms with E-state index in [0.717, 1.165) is 6.42 Å². The van der Waals surface area contributed by atoms with Crippen LogP contribution < -0.4 is 5.32 Å². The molecule has 0 unspecified atom stereocenters. The van der Waals surface area contributed by atoms with Crippen LogP contribution >= 0.6 is 23.2 Å². The van der Waals surface area contributed by atoms with Crippen LogP contribution in [-0.2, 0) is 0 Å². The third-order valence-corrected chi connectivity index (χ3v) is 3.01. The number of benzene rings is 1. The van der Waals surface area contributed by atoms with Gasteiger partial charge in [-0.25, -0.2) is 0 Å². The van der Waals surface area contributed by atoms with E-state index in [1.165, 1.54) is 12.1 Å². The minimum atomic E-state index is -0.517. The first-order valence-electron chi connectivity index (χ1n) is 5.58. The lowest BCUT2D eigenvalue weighted by molar-refractivity contribution is -0.384. The van der Waals surface area contributed by atoms with Crippen molar-refractivity contribution >= 4 is 34.6 Å². The summed E-state index contributed by atoms with van der Waals surface area (Å²) in [6, 6.07) is 2.60. The summed E-state index contributed by atoms with van der Waals surface area (Å²) >= 11 is 12.0. The van der Waals surface area contributed by atoms with Crippen molar-refractivity contribution in [3.8, 4) is 0 Å². The third-order valence-electron chi connectivity index (χ3n) is 2.41. The Balaban J connectivity index is 2.81. The molecule has 0 atom stereocenters. The second-order valence-corrected chi connectivity index (χ2v) is 6.09. The minimum absolute atomic E-state index is 0.105. The zero-order valence-corrected chi connectivity index (χ0v) is 12.1. The molecule has 1 N–H and O–H groups in total. The Morgan fingerprint density at radius 3 is 2.17 bits per heavy atom. The van der Waals surface area contributed by atoms with Crippen LogP contribution in [-0.4, -0.2) is 11.5 Å². The molecular weight excluding hydrogens is 275 g/mol. The average Bonchev–Trinajstić information content (AvgIpc) is 2.20. The topological polar surface area (TPSA) is 55.2 Å². The van der Waals surface area contributed by atoms with Gasteiger partial charge in [-0.05, 0) is 11.8 Å². The van der Waals surface area contributed by atoms with Crippen LogP contribution in [0.5, 0.6) is 0 Å². The van der Waals surface area contributed by atoms with Crippen LogP contribution in [0.1, 0.15) is 27.2 Å². The van der Waals surface area contributed by atoms with Gasteiger partial charge < -0.3 is 5.32 Å². The third kappa shape index (κ3) is 4.35. The summed E-state index contributed by atoms with van der Waals surface area (Å²) in [7, 11) is 0. The lowest BCUT2D eigenvalue weighted by Crippen LogP contribution is -2.13. The van der Waals surface area contributed by atoms with Crippen LogP contribution in [0.4, 0.5) is 11.4 Å². The maximum Gasteiger partial charge on any atom is 0.272 e. The van der Waals surface area contributed by atoms with Gasteiger partial charge in [-0.3, -0.25) is 10.1 Å². The molecule has 4 nitrogen and oxygen atoms in total. The van der Waals surface area contributed by atoms with Gasteiger partial charge in [0.05, 0.1) is 20.7 Å². The van der Waals surface area contributed by atoms with E-state index in [1.807, 2.05) is 0 Å². The second-order valence-electron chi connectivity index (χ2n) is 5.28. The molecule has 1 aromatic carbocycles. The quantitative estimate of drug-likeness (QED) is 0.643. The average molecular weight is 291 g/mol. The van der Waals surface area contributed by atoms with Crippen molar-refractivity contribution < 1.29 is 4.92 Å². The molecule has 6 heteroatoms. The van der Waals surface area contributed by atoms with E-state index in [0.29, 0.717) is 12.2 Å². The van der Waals surface area contributed by atoms with Gasteiger partial charge in [-0.1, -0.05) is 44.0 Å². The van der Waals surface area contributed by atoms with Gasteiger partial charge in [0.2, 0.25) is 0 Å². The van der Waals surface area contributed by atoms with Gasteiger partial charge in [0.1, 0.15) is 0 Å². The molecule has 0 aliphatic heterocycles. The van der Waals surface area contributed by atoms with E-state index in [9.17, 15) is 10.1 Å². The molecule has 0 fully saturated rings. The summed E-state index contributed by atoms with van der Waals surface area (Å²) in [5.74, 6) is 0. The van der Waals surface area contributed by atoms with Crippen molar-refractivity contribution in [3.63, 3.8) is 0 Å². The molecule has 100 valence electrons. The number of nitrogens with one attached hydrogen (secondary N) is 1. The van der Waals surface area contributed by atoms with Crippen molar-refractivity contribution in [2.75, 3.05) is 11.9 Å². The Kier molecular flexibility index (Phi) is 4.82. The smallest absolute Gasteiger partial charge is 0.272 e. The van der Waals surface area contributed by atoms with Gasteiger partial charge in [0, 0.05) is 18.7 Å². The maximum absolute atomic E-state index is 10.6. The van der Waals surface area contributed by atoms with Crippen LogP contribution in [0.2, 0.25) is 10.0 Å². The Hall–Kier alpha value is -1.00. The summed E-state index contributed by atoms with van der Waals surface area (Å²) in [4.78, 5) is 10.1. The lowest BCUT2D eigenvalue weighted by Gasteiger charge is -2.19. The molecule has 1 aromatic rings. The number of halogens is 2. The fraction of sp³-hybridized carbons (Fsp3) is 0.500. The number of rotatable bonds is 4. The molecule has 0 spiro atoms. The summed E-state index contributed by atoms with van der Waals surface area (Å²) in [6.07, 6.45) is 0.941. The SMILES string of the molecule is CC(C)(C)CCNc1c(Cl)cc([N+](=O)[O-])cc1Cl. The molecule has 18 heavy (non-hydrogen) atoms. The zero-order chi connectivity index (χ0) is 13.9. The molecule has 0 aliphatic rings. The molecular formula is C12H16Cl2N2O2. The summed E-state index contributed by atoms with van der Waals surface area (Å²) in [6.45, 7) is 7.11. The highest BCUT2D eigenvalue weighted by Crippen LogP contribution is 2.34. The normalized spacial score (nSPS) is 11.4. The number of hydrogen-bond acceptors (Lipinski definition) is 3. The van der Waals surface area contributed by atoms with E-state index >= 15 is 0 Å². The molecule has 1 rings (SSSR count). The van der Waals surface area contributed by atoms with Crippen molar-refractivity contribution in [1.82, 2.24) is 0 Å². The highest BCUT2D eigenvalue weighted by Gasteiger charge is 2.15. The maximum atomic E-state index is 10.6. The van der Waals surface area contributed by atoms with E-state index in [1.54, 1.807) is 0 Å². The van der Waals surface area contributed by atoms with Crippen molar-refractivity contribution in [2.24, 2.45) is 5.41 Å². The van der Waals surface area contributed by atoms with Gasteiger partial charge in [-0.2, -0.15) is 0 Å². The number of nitrogens with zero attached hydrogens (tertiary/aromatic N) is 1. The zero-order valence-electron chi connectivity index (χ0n) is 10.6. The first-order chi connectivity index (χ1) is 8.20. The summed E-state index contributed by atoms with van der Waals surface area (Å²) in [5, 5.41) is 14.3. The number of nitro benzene ring substituents is 1. The molecule has 0 saturated heterocycles. The number of nitro groups is 1. The number of anilines is 1. The fourth-order valence-electron chi connectivity index (χ4n) is 1.40. The highest BCUT2D eigenvalue weighted by molar-refractivity contribution is 6.39. The predicted molar refractivity (Wildman–Crippen MR) is 75.7 cm³/mol. The van der Waals surface area contributed by atoms with Crippen LogP contribution in [0, 0.1) is 15.5 Å². The van der Waals surface area contributed by atoms with E-state index in [2.05, 4.69) is 26.1 Å². The Morgan fingerprint density at radius 1 is 1.28 bits per heavy atom. The highest BCUT2D eigenvalue weighted by atomic mass is 35.5. The standard InChI is InChI=1S/C12H16Cl2N2O2/c1-12(2,3)4-5-15-11-9(13)6-8(16(17)18)7-10(11)14/h6-7,15H,4-5H2,1-3H3. The largest absolute Gasteiger partial charge is 0.383 e. The Bertz CT molecular complexity index is 433. The Morgan fingerprint density at radius 2 is 1.78 bits per heavy atom. The molecule has 0 bridgehead atoms. The minimum Gasteiger partial charge on any atom is -0.383 e. The monoisotopic (exact) mass is 290 g/mol. The second kappa shape index (κ2) is 5.76. The summed E-state index contributed by atoms with van der Waals surface area (Å²) in [5.41, 5.74) is 0.645. The number of hydrogen-bond donors (Lipinski definition) is 1. The van der Waals surface area contributed by atoms with E-state index < -0.39 is 4.92 Å². The van der Waals surface area contributed by atoms with Gasteiger partial charge in [-0.15, -0.1) is 0 Å². The Labute approximate surface area is 116 Å². The van der Waals surface area contributed by atoms with Gasteiger partial charge >= 0.3 is 0 Å². The van der Waals surface area contributed by atoms with E-state index in [-0.39, 0.29) is 21.1 Å². The van der Waals surface area contributed by atoms with Gasteiger partial charge in [0.15, 0.2) is 0 Å². The van der Waals surface area contributed by atoms with Crippen molar-refractivity contribution in [1.29, 1.82) is 0 Å². The lowest BCUT2D eigenvalue weighted by atomic mass is 9.92. The number of non-ortho nitro benzene ring substituents is 1. The molecule has 0 aromatic heterocycles. The van der Waals surface area contributed by atoms with Crippen molar-refractivity contribution in [2.45, 2.75) is 27.2 Å².